The number of piperidine rings is 1. The van der Waals surface area contributed by atoms with Gasteiger partial charge < -0.3 is 4.90 Å². The topological polar surface area (TPSA) is 129 Å². The lowest BCUT2D eigenvalue weighted by Crippen LogP contribution is -2.53. The van der Waals surface area contributed by atoms with Crippen molar-refractivity contribution in [1.29, 1.82) is 0 Å². The van der Waals surface area contributed by atoms with Gasteiger partial charge in [0, 0.05) is 13.1 Å². The molecule has 11 nitrogen and oxygen atoms in total. The number of hydrogen-bond acceptors (Lipinski definition) is 7. The highest BCUT2D eigenvalue weighted by Crippen LogP contribution is 2.59. The lowest BCUT2D eigenvalue weighted by molar-refractivity contribution is -0.152. The maximum Gasteiger partial charge on any atom is 0.418 e. The van der Waals surface area contributed by atoms with Gasteiger partial charge in [0.1, 0.15) is 12.3 Å². The van der Waals surface area contributed by atoms with E-state index in [9.17, 15) is 18.0 Å². The molecule has 0 aromatic rings. The Balaban J connectivity index is 1.47. The molecule has 3 atom stereocenters. The number of hydrogen-bond donors (Lipinski definition) is 2. The fraction of sp³-hybridized carbons (Fsp3) is 0.857. The van der Waals surface area contributed by atoms with Gasteiger partial charge in [-0.3, -0.25) is 19.1 Å². The average molecular weight is 390 g/mol. The maximum atomic E-state index is 12.6. The van der Waals surface area contributed by atoms with E-state index in [-0.39, 0.29) is 18.2 Å². The van der Waals surface area contributed by atoms with E-state index in [1.54, 1.807) is 0 Å². The first-order valence-electron chi connectivity index (χ1n) is 8.63. The van der Waals surface area contributed by atoms with Crippen molar-refractivity contribution in [1.82, 2.24) is 20.3 Å². The fourth-order valence-corrected chi connectivity index (χ4v) is 4.64. The molecule has 2 N–H and O–H groups in total. The van der Waals surface area contributed by atoms with Gasteiger partial charge in [0.25, 0.3) is 5.91 Å². The summed E-state index contributed by atoms with van der Waals surface area (Å²) in [7, 11) is -2.91. The second-order valence-electron chi connectivity index (χ2n) is 7.52. The van der Waals surface area contributed by atoms with Gasteiger partial charge in [-0.15, -0.1) is 4.28 Å². The first kappa shape index (κ1) is 17.9. The molecule has 0 radical (unpaired) electrons. The zero-order chi connectivity index (χ0) is 18.7. The van der Waals surface area contributed by atoms with Crippen molar-refractivity contribution in [3.8, 4) is 0 Å². The van der Waals surface area contributed by atoms with E-state index in [1.165, 1.54) is 4.90 Å². The highest BCUT2D eigenvalue weighted by atomic mass is 32.3. The van der Waals surface area contributed by atoms with Gasteiger partial charge in [0.15, 0.2) is 0 Å². The number of carbonyl (C=O) groups is 2. The normalized spacial score (nSPS) is 33.2. The fourth-order valence-electron chi connectivity index (χ4n) is 4.27. The van der Waals surface area contributed by atoms with Crippen molar-refractivity contribution >= 4 is 22.3 Å². The highest BCUT2D eigenvalue weighted by molar-refractivity contribution is 7.80. The SMILES string of the molecule is CN1CCCC1ONC(=O)[C@@H]1CC2(CC2)C2CN1C(=O)N2OS(=O)(=O)O. The molecule has 3 saturated heterocycles. The summed E-state index contributed by atoms with van der Waals surface area (Å²) in [6.45, 7) is 1.07. The minimum Gasteiger partial charge on any atom is -0.309 e. The van der Waals surface area contributed by atoms with Crippen LogP contribution in [0.5, 0.6) is 0 Å². The van der Waals surface area contributed by atoms with Gasteiger partial charge >= 0.3 is 16.4 Å². The van der Waals surface area contributed by atoms with E-state index in [2.05, 4.69) is 9.76 Å². The van der Waals surface area contributed by atoms with Crippen LogP contribution in [-0.4, -0.2) is 78.2 Å². The molecule has 3 aliphatic heterocycles. The largest absolute Gasteiger partial charge is 0.418 e. The molecule has 1 aliphatic carbocycles. The maximum absolute atomic E-state index is 12.6. The Morgan fingerprint density at radius 3 is 2.69 bits per heavy atom. The predicted molar refractivity (Wildman–Crippen MR) is 85.3 cm³/mol. The summed E-state index contributed by atoms with van der Waals surface area (Å²) >= 11 is 0. The van der Waals surface area contributed by atoms with Crippen LogP contribution < -0.4 is 5.48 Å². The van der Waals surface area contributed by atoms with Crippen LogP contribution in [-0.2, 0) is 24.3 Å². The molecule has 2 bridgehead atoms. The summed E-state index contributed by atoms with van der Waals surface area (Å²) in [5.74, 6) is -0.433. The van der Waals surface area contributed by atoms with E-state index in [4.69, 9.17) is 9.39 Å². The standard InChI is InChI=1S/C14H22N4O7S/c1-16-6-2-3-11(16)24-15-12(19)9-7-14(4-5-14)10-8-17(9)13(20)18(10)25-26(21,22)23/h9-11H,2-8H2,1H3,(H,15,19)(H,21,22,23)/t9-,10?,11?/m0/s1. The number of urea groups is 1. The molecule has 4 fully saturated rings. The average Bonchev–Trinajstić information content (AvgIpc) is 3.12. The number of hydroxylamine groups is 3. The Kier molecular flexibility index (Phi) is 4.15. The third kappa shape index (κ3) is 3.05. The van der Waals surface area contributed by atoms with Crippen molar-refractivity contribution in [2.45, 2.75) is 50.4 Å². The van der Waals surface area contributed by atoms with E-state index in [0.717, 1.165) is 32.2 Å². The lowest BCUT2D eigenvalue weighted by Gasteiger charge is -2.35. The van der Waals surface area contributed by atoms with Crippen molar-refractivity contribution in [2.24, 2.45) is 5.41 Å². The van der Waals surface area contributed by atoms with Crippen molar-refractivity contribution in [3.05, 3.63) is 0 Å². The van der Waals surface area contributed by atoms with Gasteiger partial charge in [-0.05, 0) is 44.6 Å². The van der Waals surface area contributed by atoms with E-state index in [0.29, 0.717) is 11.5 Å². The number of carbonyl (C=O) groups excluding carboxylic acids is 2. The van der Waals surface area contributed by atoms with Gasteiger partial charge in [0.05, 0.1) is 6.04 Å². The minimum absolute atomic E-state index is 0.176. The van der Waals surface area contributed by atoms with Crippen molar-refractivity contribution < 1.29 is 31.7 Å². The van der Waals surface area contributed by atoms with Crippen LogP contribution in [0, 0.1) is 5.41 Å². The molecule has 0 aromatic carbocycles. The molecule has 4 rings (SSSR count). The zero-order valence-electron chi connectivity index (χ0n) is 14.3. The van der Waals surface area contributed by atoms with Crippen LogP contribution in [0.2, 0.25) is 0 Å². The molecule has 0 aromatic heterocycles. The van der Waals surface area contributed by atoms with Gasteiger partial charge in [-0.2, -0.15) is 13.5 Å². The molecular weight excluding hydrogens is 368 g/mol. The second kappa shape index (κ2) is 6.02. The molecule has 1 spiro atoms. The second-order valence-corrected chi connectivity index (χ2v) is 8.53. The minimum atomic E-state index is -4.82. The molecule has 4 aliphatic rings. The molecule has 12 heteroatoms. The van der Waals surface area contributed by atoms with Crippen LogP contribution in [0.25, 0.3) is 0 Å². The molecule has 3 heterocycles. The molecule has 26 heavy (non-hydrogen) atoms. The van der Waals surface area contributed by atoms with Crippen LogP contribution in [0.1, 0.15) is 32.1 Å². The number of nitrogens with zero attached hydrogens (tertiary/aromatic N) is 3. The van der Waals surface area contributed by atoms with E-state index < -0.39 is 34.4 Å². The summed E-state index contributed by atoms with van der Waals surface area (Å²) < 4.78 is 35.6. The summed E-state index contributed by atoms with van der Waals surface area (Å²) in [5.41, 5.74) is 2.09. The van der Waals surface area contributed by atoms with E-state index in [1.807, 2.05) is 11.9 Å². The molecule has 3 amide bonds. The summed E-state index contributed by atoms with van der Waals surface area (Å²) in [4.78, 5) is 33.9. The monoisotopic (exact) mass is 390 g/mol. The van der Waals surface area contributed by atoms with Gasteiger partial charge in [-0.25, -0.2) is 10.3 Å². The highest BCUT2D eigenvalue weighted by Gasteiger charge is 2.65. The molecular formula is C14H22N4O7S. The Morgan fingerprint density at radius 2 is 2.12 bits per heavy atom. The van der Waals surface area contributed by atoms with Crippen LogP contribution in [0.4, 0.5) is 4.79 Å². The van der Waals surface area contributed by atoms with Crippen LogP contribution in [0.3, 0.4) is 0 Å². The van der Waals surface area contributed by atoms with Crippen molar-refractivity contribution in [2.75, 3.05) is 20.1 Å². The first-order valence-corrected chi connectivity index (χ1v) is 9.99. The Morgan fingerprint density at radius 1 is 1.38 bits per heavy atom. The molecule has 2 unspecified atom stereocenters. The smallest absolute Gasteiger partial charge is 0.309 e. The Labute approximate surface area is 151 Å². The predicted octanol–water partition coefficient (Wildman–Crippen LogP) is -0.521. The number of amides is 3. The first-order chi connectivity index (χ1) is 12.2. The number of nitrogens with one attached hydrogen (secondary N) is 1. The Hall–Kier alpha value is -1.47. The number of fused-ring (bicyclic) bond motifs is 3. The third-order valence-corrected chi connectivity index (χ3v) is 6.24. The van der Waals surface area contributed by atoms with Crippen molar-refractivity contribution in [3.63, 3.8) is 0 Å². The molecule has 1 saturated carbocycles. The van der Waals surface area contributed by atoms with Gasteiger partial charge in [0.2, 0.25) is 0 Å². The zero-order valence-corrected chi connectivity index (χ0v) is 15.1. The summed E-state index contributed by atoms with van der Waals surface area (Å²) in [6, 6.07) is -2.00. The molecule has 146 valence electrons. The van der Waals surface area contributed by atoms with Crippen LogP contribution >= 0.6 is 0 Å². The Bertz CT molecular complexity index is 725. The van der Waals surface area contributed by atoms with E-state index >= 15 is 0 Å². The van der Waals surface area contributed by atoms with Crippen LogP contribution in [0.15, 0.2) is 0 Å². The quantitative estimate of drug-likeness (QED) is 0.474. The number of rotatable bonds is 5. The third-order valence-electron chi connectivity index (χ3n) is 5.89. The number of likely N-dealkylation sites (tertiary alicyclic amines) is 1. The summed E-state index contributed by atoms with van der Waals surface area (Å²) in [5, 5.41) is 0.696. The van der Waals surface area contributed by atoms with Gasteiger partial charge in [-0.1, -0.05) is 0 Å². The lowest BCUT2D eigenvalue weighted by atomic mass is 9.85. The summed E-state index contributed by atoms with van der Waals surface area (Å²) in [6.07, 6.45) is 3.54.